The van der Waals surface area contributed by atoms with E-state index in [2.05, 4.69) is 15.0 Å². The highest BCUT2D eigenvalue weighted by molar-refractivity contribution is 5.74. The zero-order valence-corrected chi connectivity index (χ0v) is 14.1. The van der Waals surface area contributed by atoms with Crippen LogP contribution in [-0.2, 0) is 24.2 Å². The van der Waals surface area contributed by atoms with Crippen molar-refractivity contribution in [3.8, 4) is 0 Å². The molecule has 3 heterocycles. The van der Waals surface area contributed by atoms with E-state index in [1.807, 2.05) is 0 Å². The molecule has 4 rings (SSSR count). The number of rotatable bonds is 3. The molecule has 2 saturated heterocycles. The van der Waals surface area contributed by atoms with Crippen LogP contribution in [-0.4, -0.2) is 46.0 Å². The molecule has 0 saturated carbocycles. The zero-order valence-electron chi connectivity index (χ0n) is 14.1. The Morgan fingerprint density at radius 1 is 1.13 bits per heavy atom. The summed E-state index contributed by atoms with van der Waals surface area (Å²) in [6.07, 6.45) is 9.38. The molecule has 0 aromatic carbocycles. The van der Waals surface area contributed by atoms with Crippen molar-refractivity contribution in [2.75, 3.05) is 13.1 Å². The SMILES string of the molecule is CC(=O)N1CCC[C@@H]1[C@H]1CCCN1Cc1noc2c1CCCC2. The molecule has 0 N–H and O–H groups in total. The molecule has 5 nitrogen and oxygen atoms in total. The average Bonchev–Trinajstić information content (AvgIpc) is 3.26. The number of carbonyl (C=O) groups excluding carboxylic acids is 1. The molecule has 0 spiro atoms. The van der Waals surface area contributed by atoms with Crippen molar-refractivity contribution in [3.63, 3.8) is 0 Å². The fraction of sp³-hybridized carbons (Fsp3) is 0.778. The van der Waals surface area contributed by atoms with E-state index in [9.17, 15) is 4.79 Å². The van der Waals surface area contributed by atoms with Gasteiger partial charge in [-0.3, -0.25) is 9.69 Å². The van der Waals surface area contributed by atoms with Gasteiger partial charge in [-0.2, -0.15) is 0 Å². The lowest BCUT2D eigenvalue weighted by Crippen LogP contribution is -2.47. The third-order valence-electron chi connectivity index (χ3n) is 5.95. The maximum atomic E-state index is 11.9. The van der Waals surface area contributed by atoms with Crippen molar-refractivity contribution >= 4 is 5.91 Å². The van der Waals surface area contributed by atoms with Crippen molar-refractivity contribution in [1.82, 2.24) is 15.0 Å². The second kappa shape index (κ2) is 6.27. The molecule has 3 aliphatic rings. The highest BCUT2D eigenvalue weighted by Gasteiger charge is 2.39. The second-order valence-electron chi connectivity index (χ2n) is 7.34. The maximum absolute atomic E-state index is 11.9. The number of hydrogen-bond donors (Lipinski definition) is 0. The number of nitrogens with zero attached hydrogens (tertiary/aromatic N) is 3. The smallest absolute Gasteiger partial charge is 0.219 e. The molecule has 23 heavy (non-hydrogen) atoms. The van der Waals surface area contributed by atoms with Crippen LogP contribution in [0.15, 0.2) is 4.52 Å². The van der Waals surface area contributed by atoms with Gasteiger partial charge in [0, 0.05) is 44.1 Å². The Balaban J connectivity index is 1.50. The summed E-state index contributed by atoms with van der Waals surface area (Å²) in [6.45, 7) is 4.66. The summed E-state index contributed by atoms with van der Waals surface area (Å²) in [5.74, 6) is 1.35. The largest absolute Gasteiger partial charge is 0.361 e. The third-order valence-corrected chi connectivity index (χ3v) is 5.95. The van der Waals surface area contributed by atoms with Crippen molar-refractivity contribution in [3.05, 3.63) is 17.0 Å². The molecule has 0 radical (unpaired) electrons. The molecule has 0 unspecified atom stereocenters. The first-order valence-corrected chi connectivity index (χ1v) is 9.21. The van der Waals surface area contributed by atoms with Gasteiger partial charge in [0.1, 0.15) is 11.5 Å². The third kappa shape index (κ3) is 2.80. The molecule has 5 heteroatoms. The summed E-state index contributed by atoms with van der Waals surface area (Å²) in [5.41, 5.74) is 2.52. The number of likely N-dealkylation sites (tertiary alicyclic amines) is 2. The molecule has 1 aliphatic carbocycles. The summed E-state index contributed by atoms with van der Waals surface area (Å²) in [7, 11) is 0. The molecule has 1 aromatic heterocycles. The molecule has 126 valence electrons. The van der Waals surface area contributed by atoms with E-state index in [-0.39, 0.29) is 5.91 Å². The Labute approximate surface area is 138 Å². The molecule has 2 atom stereocenters. The molecule has 2 aliphatic heterocycles. The Morgan fingerprint density at radius 3 is 2.78 bits per heavy atom. The van der Waals surface area contributed by atoms with Gasteiger partial charge < -0.3 is 9.42 Å². The lowest BCUT2D eigenvalue weighted by molar-refractivity contribution is -0.130. The topological polar surface area (TPSA) is 49.6 Å². The van der Waals surface area contributed by atoms with Crippen molar-refractivity contribution < 1.29 is 9.32 Å². The number of amides is 1. The lowest BCUT2D eigenvalue weighted by atomic mass is 9.96. The minimum absolute atomic E-state index is 0.234. The van der Waals surface area contributed by atoms with Gasteiger partial charge in [0.05, 0.1) is 0 Å². The van der Waals surface area contributed by atoms with Crippen molar-refractivity contribution in [2.45, 2.75) is 76.9 Å². The van der Waals surface area contributed by atoms with Crippen LogP contribution in [0, 0.1) is 0 Å². The quantitative estimate of drug-likeness (QED) is 0.859. The normalized spacial score (nSPS) is 28.3. The first-order valence-electron chi connectivity index (χ1n) is 9.21. The predicted octanol–water partition coefficient (Wildman–Crippen LogP) is 2.53. The van der Waals surface area contributed by atoms with Crippen LogP contribution in [0.3, 0.4) is 0 Å². The maximum Gasteiger partial charge on any atom is 0.219 e. The standard InChI is InChI=1S/C18H27N3O2/c1-13(22)21-11-5-8-17(21)16-7-4-10-20(16)12-15-14-6-2-3-9-18(14)23-19-15/h16-17H,2-12H2,1H3/t16-,17-/m1/s1. The summed E-state index contributed by atoms with van der Waals surface area (Å²) >= 11 is 0. The lowest BCUT2D eigenvalue weighted by Gasteiger charge is -2.34. The van der Waals surface area contributed by atoms with Gasteiger partial charge in [0.15, 0.2) is 0 Å². The molecular weight excluding hydrogens is 290 g/mol. The van der Waals surface area contributed by atoms with Crippen molar-refractivity contribution in [2.24, 2.45) is 0 Å². The number of aryl methyl sites for hydroxylation is 1. The average molecular weight is 317 g/mol. The first-order chi connectivity index (χ1) is 11.2. The van der Waals surface area contributed by atoms with E-state index >= 15 is 0 Å². The number of fused-ring (bicyclic) bond motifs is 1. The number of hydrogen-bond acceptors (Lipinski definition) is 4. The number of aromatic nitrogens is 1. The highest BCUT2D eigenvalue weighted by atomic mass is 16.5. The van der Waals surface area contributed by atoms with Crippen LogP contribution in [0.4, 0.5) is 0 Å². The first kappa shape index (κ1) is 15.2. The van der Waals surface area contributed by atoms with Crippen LogP contribution in [0.2, 0.25) is 0 Å². The van der Waals surface area contributed by atoms with Gasteiger partial charge in [-0.1, -0.05) is 5.16 Å². The fourth-order valence-electron chi connectivity index (χ4n) is 4.83. The minimum atomic E-state index is 0.234. The number of carbonyl (C=O) groups is 1. The van der Waals surface area contributed by atoms with E-state index < -0.39 is 0 Å². The molecule has 1 amide bonds. The summed E-state index contributed by atoms with van der Waals surface area (Å²) in [4.78, 5) is 16.6. The van der Waals surface area contributed by atoms with Gasteiger partial charge in [-0.15, -0.1) is 0 Å². The van der Waals surface area contributed by atoms with E-state index in [1.165, 1.54) is 31.2 Å². The summed E-state index contributed by atoms with van der Waals surface area (Å²) in [5, 5.41) is 4.38. The van der Waals surface area contributed by atoms with Gasteiger partial charge in [0.2, 0.25) is 5.91 Å². The Bertz CT molecular complexity index is 583. The van der Waals surface area contributed by atoms with Crippen LogP contribution in [0.25, 0.3) is 0 Å². The Morgan fingerprint density at radius 2 is 1.91 bits per heavy atom. The minimum Gasteiger partial charge on any atom is -0.361 e. The zero-order chi connectivity index (χ0) is 15.8. The van der Waals surface area contributed by atoms with E-state index in [1.54, 1.807) is 6.92 Å². The van der Waals surface area contributed by atoms with Crippen LogP contribution < -0.4 is 0 Å². The van der Waals surface area contributed by atoms with Gasteiger partial charge in [0.25, 0.3) is 0 Å². The van der Waals surface area contributed by atoms with Gasteiger partial charge >= 0.3 is 0 Å². The summed E-state index contributed by atoms with van der Waals surface area (Å²) < 4.78 is 5.58. The Kier molecular flexibility index (Phi) is 4.14. The predicted molar refractivity (Wildman–Crippen MR) is 87.0 cm³/mol. The van der Waals surface area contributed by atoms with E-state index in [0.717, 1.165) is 56.8 Å². The molecule has 1 aromatic rings. The van der Waals surface area contributed by atoms with Crippen LogP contribution >= 0.6 is 0 Å². The second-order valence-corrected chi connectivity index (χ2v) is 7.34. The van der Waals surface area contributed by atoms with Gasteiger partial charge in [-0.25, -0.2) is 0 Å². The molecule has 2 fully saturated rings. The molecular formula is C18H27N3O2. The highest BCUT2D eigenvalue weighted by Crippen LogP contribution is 2.32. The monoisotopic (exact) mass is 317 g/mol. The van der Waals surface area contributed by atoms with Gasteiger partial charge in [-0.05, 0) is 51.5 Å². The van der Waals surface area contributed by atoms with Crippen molar-refractivity contribution in [1.29, 1.82) is 0 Å². The van der Waals surface area contributed by atoms with E-state index in [0.29, 0.717) is 12.1 Å². The van der Waals surface area contributed by atoms with Crippen LogP contribution in [0.1, 0.15) is 62.5 Å². The van der Waals surface area contributed by atoms with E-state index in [4.69, 9.17) is 4.52 Å². The Hall–Kier alpha value is -1.36. The summed E-state index contributed by atoms with van der Waals surface area (Å²) in [6, 6.07) is 0.898. The molecule has 0 bridgehead atoms. The fourth-order valence-corrected chi connectivity index (χ4v) is 4.83. The van der Waals surface area contributed by atoms with Crippen LogP contribution in [0.5, 0.6) is 0 Å².